The highest BCUT2D eigenvalue weighted by Gasteiger charge is 2.15. The third kappa shape index (κ3) is 4.30. The monoisotopic (exact) mass is 362 g/mol. The number of nitro benzene ring substituents is 1. The lowest BCUT2D eigenvalue weighted by atomic mass is 9.96. The zero-order valence-electron chi connectivity index (χ0n) is 14.7. The molecule has 0 atom stereocenters. The molecule has 0 aliphatic rings. The van der Waals surface area contributed by atoms with Gasteiger partial charge in [0.15, 0.2) is 0 Å². The average molecular weight is 362 g/mol. The minimum atomic E-state index is -0.483. The number of nitrogens with one attached hydrogen (secondary N) is 1. The van der Waals surface area contributed by atoms with Gasteiger partial charge in [0, 0.05) is 24.6 Å². The van der Waals surface area contributed by atoms with Gasteiger partial charge >= 0.3 is 0 Å². The van der Waals surface area contributed by atoms with E-state index >= 15 is 0 Å². The number of rotatable bonds is 5. The van der Waals surface area contributed by atoms with E-state index in [9.17, 15) is 20.0 Å². The summed E-state index contributed by atoms with van der Waals surface area (Å²) < 4.78 is 0. The second-order valence-electron chi connectivity index (χ2n) is 6.19. The van der Waals surface area contributed by atoms with Crippen molar-refractivity contribution in [1.29, 1.82) is 0 Å². The second-order valence-corrected chi connectivity index (χ2v) is 6.19. The zero-order valence-corrected chi connectivity index (χ0v) is 14.7. The van der Waals surface area contributed by atoms with Crippen molar-refractivity contribution in [2.24, 2.45) is 0 Å². The quantitative estimate of drug-likeness (QED) is 0.397. The summed E-state index contributed by atoms with van der Waals surface area (Å²) in [5.74, 6) is -0.435. The van der Waals surface area contributed by atoms with Crippen LogP contribution in [0.25, 0.3) is 11.1 Å². The van der Waals surface area contributed by atoms with Crippen LogP contribution in [0.3, 0.4) is 0 Å². The van der Waals surface area contributed by atoms with Gasteiger partial charge in [0.2, 0.25) is 5.91 Å². The van der Waals surface area contributed by atoms with Crippen LogP contribution in [0.2, 0.25) is 0 Å². The number of aromatic hydroxyl groups is 1. The summed E-state index contributed by atoms with van der Waals surface area (Å²) in [5.41, 5.74) is 3.07. The maximum Gasteiger partial charge on any atom is 0.270 e. The van der Waals surface area contributed by atoms with Gasteiger partial charge < -0.3 is 10.4 Å². The lowest BCUT2D eigenvalue weighted by Gasteiger charge is -2.14. The van der Waals surface area contributed by atoms with Crippen molar-refractivity contribution < 1.29 is 14.8 Å². The third-order valence-electron chi connectivity index (χ3n) is 4.10. The van der Waals surface area contributed by atoms with E-state index < -0.39 is 4.92 Å². The fraction of sp³-hybridized carbons (Fsp3) is 0.0952. The van der Waals surface area contributed by atoms with Gasteiger partial charge in [-0.15, -0.1) is 0 Å². The van der Waals surface area contributed by atoms with Crippen LogP contribution in [0.5, 0.6) is 5.75 Å². The molecule has 0 bridgehead atoms. The number of hydrogen-bond donors (Lipinski definition) is 2. The SMILES string of the molecule is CC(=O)Nc1cc(Cc2ccccc2)cc(-c2cccc([N+](=O)[O-])c2)c1O. The molecular formula is C21H18N2O4. The third-order valence-corrected chi connectivity index (χ3v) is 4.10. The first kappa shape index (κ1) is 18.1. The van der Waals surface area contributed by atoms with Gasteiger partial charge in [0.1, 0.15) is 5.75 Å². The van der Waals surface area contributed by atoms with Crippen LogP contribution in [-0.2, 0) is 11.2 Å². The second kappa shape index (κ2) is 7.70. The highest BCUT2D eigenvalue weighted by Crippen LogP contribution is 2.38. The molecule has 6 heteroatoms. The topological polar surface area (TPSA) is 92.5 Å². The number of carbonyl (C=O) groups excluding carboxylic acids is 1. The average Bonchev–Trinajstić information content (AvgIpc) is 2.64. The molecule has 3 rings (SSSR count). The number of non-ortho nitro benzene ring substituents is 1. The Bertz CT molecular complexity index is 1000. The van der Waals surface area contributed by atoms with Gasteiger partial charge in [-0.1, -0.05) is 42.5 Å². The molecular weight excluding hydrogens is 344 g/mol. The van der Waals surface area contributed by atoms with E-state index in [1.54, 1.807) is 24.3 Å². The standard InChI is InChI=1S/C21H18N2O4/c1-14(24)22-20-12-16(10-15-6-3-2-4-7-15)11-19(21(20)25)17-8-5-9-18(13-17)23(26)27/h2-9,11-13,25H,10H2,1H3,(H,22,24). The van der Waals surface area contributed by atoms with Gasteiger partial charge in [-0.25, -0.2) is 0 Å². The van der Waals surface area contributed by atoms with Crippen molar-refractivity contribution >= 4 is 17.3 Å². The van der Waals surface area contributed by atoms with E-state index in [0.29, 0.717) is 17.5 Å². The Hall–Kier alpha value is -3.67. The summed E-state index contributed by atoms with van der Waals surface area (Å²) in [6.45, 7) is 1.36. The number of carbonyl (C=O) groups is 1. The Kier molecular flexibility index (Phi) is 5.17. The number of nitrogens with zero attached hydrogens (tertiary/aromatic N) is 1. The highest BCUT2D eigenvalue weighted by atomic mass is 16.6. The molecule has 3 aromatic carbocycles. The first-order valence-corrected chi connectivity index (χ1v) is 8.36. The molecule has 0 saturated heterocycles. The highest BCUT2D eigenvalue weighted by molar-refractivity contribution is 5.93. The molecule has 0 aliphatic carbocycles. The summed E-state index contributed by atoms with van der Waals surface area (Å²) in [4.78, 5) is 22.1. The molecule has 0 radical (unpaired) electrons. The number of nitro groups is 1. The molecule has 136 valence electrons. The van der Waals surface area contributed by atoms with Gasteiger partial charge in [-0.2, -0.15) is 0 Å². The number of benzene rings is 3. The largest absolute Gasteiger partial charge is 0.505 e. The van der Waals surface area contributed by atoms with Gasteiger partial charge in [-0.05, 0) is 35.2 Å². The van der Waals surface area contributed by atoms with E-state index in [1.165, 1.54) is 19.1 Å². The molecule has 3 aromatic rings. The van der Waals surface area contributed by atoms with Gasteiger partial charge in [-0.3, -0.25) is 14.9 Å². The molecule has 1 amide bonds. The summed E-state index contributed by atoms with van der Waals surface area (Å²) in [7, 11) is 0. The maximum absolute atomic E-state index is 11.5. The van der Waals surface area contributed by atoms with Crippen LogP contribution in [0.4, 0.5) is 11.4 Å². The Morgan fingerprint density at radius 3 is 2.44 bits per heavy atom. The van der Waals surface area contributed by atoms with Crippen LogP contribution in [-0.4, -0.2) is 15.9 Å². The smallest absolute Gasteiger partial charge is 0.270 e. The maximum atomic E-state index is 11.5. The molecule has 6 nitrogen and oxygen atoms in total. The minimum absolute atomic E-state index is 0.0681. The van der Waals surface area contributed by atoms with Crippen LogP contribution < -0.4 is 5.32 Å². The van der Waals surface area contributed by atoms with Crippen LogP contribution >= 0.6 is 0 Å². The molecule has 0 aromatic heterocycles. The van der Waals surface area contributed by atoms with E-state index in [4.69, 9.17) is 0 Å². The van der Waals surface area contributed by atoms with E-state index in [1.807, 2.05) is 30.3 Å². The van der Waals surface area contributed by atoms with Crippen molar-refractivity contribution in [2.45, 2.75) is 13.3 Å². The van der Waals surface area contributed by atoms with E-state index in [-0.39, 0.29) is 23.0 Å². The van der Waals surface area contributed by atoms with Crippen molar-refractivity contribution in [3.8, 4) is 16.9 Å². The van der Waals surface area contributed by atoms with Crippen molar-refractivity contribution in [2.75, 3.05) is 5.32 Å². The van der Waals surface area contributed by atoms with Crippen molar-refractivity contribution in [3.05, 3.63) is 88.0 Å². The van der Waals surface area contributed by atoms with Crippen molar-refractivity contribution in [1.82, 2.24) is 0 Å². The number of hydrogen-bond acceptors (Lipinski definition) is 4. The number of anilines is 1. The molecule has 2 N–H and O–H groups in total. The fourth-order valence-corrected chi connectivity index (χ4v) is 2.92. The number of phenols is 1. The Morgan fingerprint density at radius 2 is 1.78 bits per heavy atom. The molecule has 0 spiro atoms. The molecule has 0 aliphatic heterocycles. The molecule has 0 heterocycles. The minimum Gasteiger partial charge on any atom is -0.505 e. The van der Waals surface area contributed by atoms with Gasteiger partial charge in [0.05, 0.1) is 10.6 Å². The fourth-order valence-electron chi connectivity index (χ4n) is 2.92. The molecule has 0 fully saturated rings. The normalized spacial score (nSPS) is 10.4. The predicted octanol–water partition coefficient (Wildman–Crippen LogP) is 4.52. The predicted molar refractivity (Wildman–Crippen MR) is 104 cm³/mol. The number of phenolic OH excluding ortho intramolecular Hbond substituents is 1. The zero-order chi connectivity index (χ0) is 19.4. The summed E-state index contributed by atoms with van der Waals surface area (Å²) in [6, 6.07) is 19.3. The van der Waals surface area contributed by atoms with Gasteiger partial charge in [0.25, 0.3) is 5.69 Å². The van der Waals surface area contributed by atoms with E-state index in [2.05, 4.69) is 5.32 Å². The van der Waals surface area contributed by atoms with Crippen molar-refractivity contribution in [3.63, 3.8) is 0 Å². The van der Waals surface area contributed by atoms with E-state index in [0.717, 1.165) is 11.1 Å². The first-order chi connectivity index (χ1) is 12.9. The summed E-state index contributed by atoms with van der Waals surface area (Å²) >= 11 is 0. The van der Waals surface area contributed by atoms with Crippen LogP contribution in [0.1, 0.15) is 18.1 Å². The first-order valence-electron chi connectivity index (χ1n) is 8.36. The van der Waals surface area contributed by atoms with Crippen LogP contribution in [0.15, 0.2) is 66.7 Å². The molecule has 27 heavy (non-hydrogen) atoms. The summed E-state index contributed by atoms with van der Waals surface area (Å²) in [5, 5.41) is 24.3. The molecule has 0 unspecified atom stereocenters. The van der Waals surface area contributed by atoms with Crippen LogP contribution in [0, 0.1) is 10.1 Å². The lowest BCUT2D eigenvalue weighted by molar-refractivity contribution is -0.384. The Morgan fingerprint density at radius 1 is 1.04 bits per heavy atom. The Labute approximate surface area is 156 Å². The Balaban J connectivity index is 2.11. The lowest BCUT2D eigenvalue weighted by Crippen LogP contribution is -2.07. The summed E-state index contributed by atoms with van der Waals surface area (Å²) in [6.07, 6.45) is 0.593. The number of amides is 1. The molecule has 0 saturated carbocycles.